The lowest BCUT2D eigenvalue weighted by atomic mass is 9.44. The molecular weight excluding hydrogens is 923 g/mol. The molecule has 1 aromatic heterocycles. The van der Waals surface area contributed by atoms with Crippen LogP contribution in [0.2, 0.25) is 0 Å². The van der Waals surface area contributed by atoms with E-state index in [4.69, 9.17) is 16.2 Å². The van der Waals surface area contributed by atoms with Crippen LogP contribution in [0, 0.1) is 87.8 Å². The number of aromatic amines is 1. The van der Waals surface area contributed by atoms with Crippen LogP contribution >= 0.6 is 0 Å². The number of allylic oxidation sites excluding steroid dienone is 3. The zero-order chi connectivity index (χ0) is 51.8. The summed E-state index contributed by atoms with van der Waals surface area (Å²) < 4.78 is 5.86. The van der Waals surface area contributed by atoms with Gasteiger partial charge >= 0.3 is 5.97 Å². The van der Waals surface area contributed by atoms with Gasteiger partial charge in [-0.05, 0) is 149 Å². The molecule has 0 bridgehead atoms. The number of ketones is 2. The summed E-state index contributed by atoms with van der Waals surface area (Å²) >= 11 is 0. The second kappa shape index (κ2) is 19.9. The van der Waals surface area contributed by atoms with E-state index >= 15 is 4.79 Å². The van der Waals surface area contributed by atoms with Crippen LogP contribution in [-0.4, -0.2) is 131 Å². The lowest BCUT2D eigenvalue weighted by molar-refractivity contribution is -0.197. The summed E-state index contributed by atoms with van der Waals surface area (Å²) in [4.78, 5) is 49.5. The van der Waals surface area contributed by atoms with Crippen LogP contribution in [-0.2, 0) is 19.1 Å². The number of nitrogens with zero attached hydrogens (tertiary/aromatic N) is 1. The maximum absolute atomic E-state index is 15.2. The minimum absolute atomic E-state index is 0.0214. The van der Waals surface area contributed by atoms with E-state index in [-0.39, 0.29) is 105 Å². The van der Waals surface area contributed by atoms with Gasteiger partial charge in [-0.15, -0.1) is 5.92 Å². The standard InChI is InChI=1S/C55H79N5O12/c1-27-8-9-29-10-11-33-35(34(29)18-27)19-30(37-26-72-50(69)44(37)32-13-16-58-24-32)6-5-7-31-22-55(71)45-38(52(3)23-42(64)41(63)21-39(52)47(66)46(45)60-40(25-61)28(2)62)12-14-54(55,15-17-59-51(56)57)48(31)53(4,70)43(65)20-36(33)49(67)68/h10,13,16,24,27,30-31,33-44,48-49,58,60-61,63-65,67-68,70-71H,7-9,11-12,14-15,17-23,25-26H2,1-4H3,(H4,56,57,59)/t27-,30+,31-,33+,34+,35+,36+,37-,38-,39-,40-,41+,42-,43+,44-,48+,52+,53-,54-,55+/m0/s1. The van der Waals surface area contributed by atoms with Gasteiger partial charge in [0, 0.05) is 60.4 Å². The first-order valence-corrected chi connectivity index (χ1v) is 26.6. The maximum atomic E-state index is 15.2. The topological polar surface area (TPSA) is 314 Å². The van der Waals surface area contributed by atoms with Gasteiger partial charge in [0.25, 0.3) is 0 Å². The Kier molecular flexibility index (Phi) is 14.5. The molecule has 0 unspecified atom stereocenters. The summed E-state index contributed by atoms with van der Waals surface area (Å²) in [5.41, 5.74) is 7.79. The molecule has 1 aromatic rings. The van der Waals surface area contributed by atoms with Gasteiger partial charge in [0.05, 0.1) is 54.3 Å². The molecule has 4 saturated carbocycles. The molecule has 7 aliphatic carbocycles. The third kappa shape index (κ3) is 8.76. The minimum Gasteiger partial charge on any atom is -0.465 e. The molecular formula is C55H79N5O12. The van der Waals surface area contributed by atoms with E-state index in [2.05, 4.69) is 40.1 Å². The molecule has 2 heterocycles. The van der Waals surface area contributed by atoms with Gasteiger partial charge in [0.2, 0.25) is 0 Å². The molecule has 0 aromatic carbocycles. The Morgan fingerprint density at radius 1 is 1.01 bits per heavy atom. The molecule has 396 valence electrons. The van der Waals surface area contributed by atoms with Crippen molar-refractivity contribution >= 4 is 23.5 Å². The first-order valence-electron chi connectivity index (χ1n) is 26.6. The highest BCUT2D eigenvalue weighted by Gasteiger charge is 2.74. The molecule has 9 rings (SSSR count). The highest BCUT2D eigenvalue weighted by molar-refractivity contribution is 6.00. The predicted molar refractivity (Wildman–Crippen MR) is 264 cm³/mol. The van der Waals surface area contributed by atoms with Crippen molar-refractivity contribution < 1.29 is 60.0 Å². The van der Waals surface area contributed by atoms with Gasteiger partial charge in [-0.2, -0.15) is 0 Å². The zero-order valence-corrected chi connectivity index (χ0v) is 42.3. The van der Waals surface area contributed by atoms with Crippen LogP contribution in [0.3, 0.4) is 0 Å². The number of hydrogen-bond donors (Lipinski definition) is 12. The van der Waals surface area contributed by atoms with E-state index in [1.165, 1.54) is 12.5 Å². The SMILES string of the molecule is CC(=O)[C@H](CO)NC1=C2[C@H](CC[C@]3(CCN=C(N)N)[C@@H]4[C@@H](CC#C[C@@H]([C@@H]5COC(=O)[C@H]5c5cc[nH]c5)C[C@@H]5[C@@H](CC=C6CC[C@H](C)C[C@H]65)[C@H](C(O)O)C[C@@H](O)[C@]4(C)O)C[C@@]23O)[C@@]2(C)C[C@H](O)[C@H](O)C[C@H]2C1=O. The van der Waals surface area contributed by atoms with Crippen LogP contribution in [0.1, 0.15) is 123 Å². The number of carbonyl (C=O) groups is 3. The number of Topliss-reactive ketones (excluding diaryl/α,β-unsaturated/α-hetero) is 2. The Morgan fingerprint density at radius 3 is 2.46 bits per heavy atom. The van der Waals surface area contributed by atoms with Crippen molar-refractivity contribution in [3.05, 3.63) is 46.9 Å². The summed E-state index contributed by atoms with van der Waals surface area (Å²) in [6.45, 7) is 6.42. The lowest BCUT2D eigenvalue weighted by Gasteiger charge is -2.62. The number of hydrogen-bond acceptors (Lipinski definition) is 14. The monoisotopic (exact) mass is 1000 g/mol. The van der Waals surface area contributed by atoms with E-state index in [1.807, 2.05) is 13.0 Å². The number of esters is 1. The van der Waals surface area contributed by atoms with Gasteiger partial charge in [0.15, 0.2) is 23.8 Å². The Labute approximate surface area is 422 Å². The van der Waals surface area contributed by atoms with Crippen LogP contribution in [0.5, 0.6) is 0 Å². The summed E-state index contributed by atoms with van der Waals surface area (Å²) in [6.07, 6.45) is 4.26. The summed E-state index contributed by atoms with van der Waals surface area (Å²) in [5.74, 6) is 0.332. The molecule has 5 fully saturated rings. The largest absolute Gasteiger partial charge is 0.465 e. The van der Waals surface area contributed by atoms with E-state index < -0.39 is 112 Å². The van der Waals surface area contributed by atoms with Crippen LogP contribution in [0.4, 0.5) is 0 Å². The Hall–Kier alpha value is -4.12. The summed E-state index contributed by atoms with van der Waals surface area (Å²) in [7, 11) is 0. The highest BCUT2D eigenvalue weighted by atomic mass is 16.5. The van der Waals surface area contributed by atoms with Crippen molar-refractivity contribution in [2.45, 2.75) is 159 Å². The fourth-order valence-corrected chi connectivity index (χ4v) is 16.8. The predicted octanol–water partition coefficient (Wildman–Crippen LogP) is 2.05. The average molecular weight is 1000 g/mol. The van der Waals surface area contributed by atoms with Gasteiger partial charge < -0.3 is 67.4 Å². The van der Waals surface area contributed by atoms with E-state index in [0.717, 1.165) is 24.8 Å². The Bertz CT molecular complexity index is 2390. The molecule has 0 spiro atoms. The molecule has 1 aliphatic heterocycles. The number of cyclic esters (lactones) is 1. The number of guanidine groups is 1. The van der Waals surface area contributed by atoms with Crippen molar-refractivity contribution in [3.8, 4) is 11.8 Å². The molecule has 17 nitrogen and oxygen atoms in total. The number of H-pyrrole nitrogens is 1. The molecule has 8 aliphatic rings. The van der Waals surface area contributed by atoms with Crippen molar-refractivity contribution in [1.82, 2.24) is 10.3 Å². The van der Waals surface area contributed by atoms with Gasteiger partial charge in [-0.25, -0.2) is 0 Å². The number of carbonyl (C=O) groups excluding carboxylic acids is 3. The number of ether oxygens (including phenoxy) is 1. The Balaban J connectivity index is 1.25. The molecule has 1 saturated heterocycles. The van der Waals surface area contributed by atoms with Crippen LogP contribution < -0.4 is 16.8 Å². The third-order valence-corrected chi connectivity index (χ3v) is 20.2. The van der Waals surface area contributed by atoms with Crippen molar-refractivity contribution in [2.24, 2.45) is 92.4 Å². The van der Waals surface area contributed by atoms with Gasteiger partial charge in [-0.3, -0.25) is 19.4 Å². The number of nitrogens with one attached hydrogen (secondary N) is 2. The second-order valence-corrected chi connectivity index (χ2v) is 24.0. The molecule has 20 atom stereocenters. The number of aromatic nitrogens is 1. The fourth-order valence-electron chi connectivity index (χ4n) is 16.8. The van der Waals surface area contributed by atoms with E-state index in [9.17, 15) is 50.4 Å². The smallest absolute Gasteiger partial charge is 0.313 e. The number of nitrogens with two attached hydrogens (primary N) is 2. The number of aliphatic hydroxyl groups is 8. The highest BCUT2D eigenvalue weighted by Crippen LogP contribution is 2.72. The number of rotatable bonds is 10. The summed E-state index contributed by atoms with van der Waals surface area (Å²) in [6, 6.07) is 0.640. The minimum atomic E-state index is -2.06. The second-order valence-electron chi connectivity index (χ2n) is 24.0. The molecule has 72 heavy (non-hydrogen) atoms. The lowest BCUT2D eigenvalue weighted by Crippen LogP contribution is -2.66. The van der Waals surface area contributed by atoms with E-state index in [0.29, 0.717) is 25.2 Å². The van der Waals surface area contributed by atoms with Gasteiger partial charge in [0.1, 0.15) is 6.04 Å². The molecule has 14 N–H and O–H groups in total. The first-order chi connectivity index (χ1) is 34.1. The maximum Gasteiger partial charge on any atom is 0.313 e. The zero-order valence-electron chi connectivity index (χ0n) is 42.3. The number of fused-ring (bicyclic) bond motifs is 10. The molecule has 0 amide bonds. The first kappa shape index (κ1) is 52.7. The van der Waals surface area contributed by atoms with Crippen molar-refractivity contribution in [3.63, 3.8) is 0 Å². The normalized spacial score (nSPS) is 44.3. The van der Waals surface area contributed by atoms with E-state index in [1.54, 1.807) is 19.3 Å². The van der Waals surface area contributed by atoms with Crippen LogP contribution in [0.25, 0.3) is 0 Å². The average Bonchev–Trinajstić information content (AvgIpc) is 4.05. The number of aliphatic imine (C=N–C) groups is 1. The Morgan fingerprint density at radius 2 is 1.78 bits per heavy atom. The third-order valence-electron chi connectivity index (χ3n) is 20.2. The van der Waals surface area contributed by atoms with Crippen molar-refractivity contribution in [1.29, 1.82) is 0 Å². The number of aliphatic hydroxyl groups excluding tert-OH is 5. The van der Waals surface area contributed by atoms with Crippen molar-refractivity contribution in [2.75, 3.05) is 19.8 Å². The molecule has 0 radical (unpaired) electrons. The molecule has 17 heteroatoms. The van der Waals surface area contributed by atoms with Crippen LogP contribution in [0.15, 0.2) is 46.4 Å². The quantitative estimate of drug-likeness (QED) is 0.0399. The summed E-state index contributed by atoms with van der Waals surface area (Å²) in [5, 5.41) is 99.7. The van der Waals surface area contributed by atoms with Gasteiger partial charge in [-0.1, -0.05) is 31.4 Å². The fraction of sp³-hybridized carbons (Fsp3) is 0.745.